The van der Waals surface area contributed by atoms with E-state index in [1.165, 1.54) is 23.9 Å². The normalized spacial score (nSPS) is 11.6. The van der Waals surface area contributed by atoms with Crippen LogP contribution < -0.4 is 5.32 Å². The van der Waals surface area contributed by atoms with Gasteiger partial charge in [0.25, 0.3) is 5.69 Å². The van der Waals surface area contributed by atoms with Crippen molar-refractivity contribution < 1.29 is 24.7 Å². The van der Waals surface area contributed by atoms with E-state index in [9.17, 15) is 24.8 Å². The third kappa shape index (κ3) is 5.87. The highest BCUT2D eigenvalue weighted by Gasteiger charge is 2.23. The first-order valence-corrected chi connectivity index (χ1v) is 9.14. The van der Waals surface area contributed by atoms with E-state index in [1.807, 2.05) is 6.07 Å². The summed E-state index contributed by atoms with van der Waals surface area (Å²) >= 11 is 7.23. The molecule has 0 aliphatic carbocycles. The molecule has 0 bridgehead atoms. The molecule has 8 nitrogen and oxygen atoms in total. The van der Waals surface area contributed by atoms with Gasteiger partial charge in [-0.1, -0.05) is 23.7 Å². The van der Waals surface area contributed by atoms with E-state index < -0.39 is 28.6 Å². The van der Waals surface area contributed by atoms with Gasteiger partial charge in [-0.15, -0.1) is 0 Å². The molecule has 0 aliphatic rings. The number of halogens is 1. The third-order valence-corrected chi connectivity index (χ3v) is 4.85. The fraction of sp³-hybridized carbons (Fsp3) is 0.176. The number of hydrogen-bond acceptors (Lipinski definition) is 6. The van der Waals surface area contributed by atoms with Gasteiger partial charge in [-0.05, 0) is 29.8 Å². The maximum Gasteiger partial charge on any atom is 0.335 e. The van der Waals surface area contributed by atoms with Gasteiger partial charge in [0.2, 0.25) is 0 Å². The highest BCUT2D eigenvalue weighted by atomic mass is 35.5. The lowest BCUT2D eigenvalue weighted by molar-refractivity contribution is -0.384. The lowest BCUT2D eigenvalue weighted by Crippen LogP contribution is -2.32. The number of rotatable bonds is 9. The Labute approximate surface area is 163 Å². The first-order chi connectivity index (χ1) is 12.8. The molecule has 0 fully saturated rings. The van der Waals surface area contributed by atoms with E-state index in [-0.39, 0.29) is 17.0 Å². The summed E-state index contributed by atoms with van der Waals surface area (Å²) < 4.78 is 0. The lowest BCUT2D eigenvalue weighted by Gasteiger charge is -2.16. The Bertz CT molecular complexity index is 876. The van der Waals surface area contributed by atoms with Crippen molar-refractivity contribution >= 4 is 46.7 Å². The number of nitrogens with one attached hydrogen (secondary N) is 1. The van der Waals surface area contributed by atoms with Crippen LogP contribution in [0, 0.1) is 10.1 Å². The van der Waals surface area contributed by atoms with Crippen LogP contribution in [0.15, 0.2) is 42.5 Å². The number of aromatic carboxylic acids is 1. The minimum atomic E-state index is -1.31. The molecule has 0 radical (unpaired) electrons. The van der Waals surface area contributed by atoms with Crippen LogP contribution in [-0.4, -0.2) is 38.9 Å². The van der Waals surface area contributed by atoms with Crippen LogP contribution in [0.4, 0.5) is 11.4 Å². The third-order valence-electron chi connectivity index (χ3n) is 3.51. The predicted molar refractivity (Wildman–Crippen MR) is 103 cm³/mol. The van der Waals surface area contributed by atoms with Gasteiger partial charge < -0.3 is 15.5 Å². The number of carbonyl (C=O) groups is 2. The predicted octanol–water partition coefficient (Wildman–Crippen LogP) is 3.74. The second-order valence-electron chi connectivity index (χ2n) is 5.47. The van der Waals surface area contributed by atoms with Crippen LogP contribution in [-0.2, 0) is 10.5 Å². The van der Waals surface area contributed by atoms with E-state index in [0.29, 0.717) is 10.8 Å². The van der Waals surface area contributed by atoms with Crippen LogP contribution in [0.2, 0.25) is 5.02 Å². The Morgan fingerprint density at radius 1 is 1.22 bits per heavy atom. The quantitative estimate of drug-likeness (QED) is 0.421. The number of nitro benzene ring substituents is 1. The largest absolute Gasteiger partial charge is 0.480 e. The van der Waals surface area contributed by atoms with E-state index in [1.54, 1.807) is 18.2 Å². The standard InChI is InChI=1S/C17H15ClN2O6S/c18-12-3-1-2-10(6-12)8-27-9-14(17(23)24)19-13-5-4-11(16(21)22)7-15(13)20(25)26/h1-7,14,19H,8-9H2,(H,21,22)(H,23,24)/t14-/m0/s1. The van der Waals surface area contributed by atoms with Crippen LogP contribution in [0.5, 0.6) is 0 Å². The Hall–Kier alpha value is -2.78. The summed E-state index contributed by atoms with van der Waals surface area (Å²) in [6, 6.07) is 9.32. The summed E-state index contributed by atoms with van der Waals surface area (Å²) in [6.45, 7) is 0. The van der Waals surface area contributed by atoms with Crippen molar-refractivity contribution in [2.45, 2.75) is 11.8 Å². The van der Waals surface area contributed by atoms with E-state index in [0.717, 1.165) is 11.6 Å². The lowest BCUT2D eigenvalue weighted by atomic mass is 10.1. The highest BCUT2D eigenvalue weighted by Crippen LogP contribution is 2.27. The zero-order valence-electron chi connectivity index (χ0n) is 13.8. The summed E-state index contributed by atoms with van der Waals surface area (Å²) in [5.74, 6) is -1.83. The molecule has 2 aromatic carbocycles. The van der Waals surface area contributed by atoms with Crippen molar-refractivity contribution in [3.05, 3.63) is 68.7 Å². The Morgan fingerprint density at radius 2 is 1.96 bits per heavy atom. The van der Waals surface area contributed by atoms with Crippen molar-refractivity contribution in [3.63, 3.8) is 0 Å². The molecule has 10 heteroatoms. The Kier molecular flexibility index (Phi) is 7.03. The number of nitro groups is 1. The second-order valence-corrected chi connectivity index (χ2v) is 6.94. The Morgan fingerprint density at radius 3 is 2.56 bits per heavy atom. The zero-order chi connectivity index (χ0) is 20.0. The monoisotopic (exact) mass is 410 g/mol. The molecule has 1 atom stereocenters. The van der Waals surface area contributed by atoms with Gasteiger partial charge in [-0.2, -0.15) is 11.8 Å². The van der Waals surface area contributed by atoms with Gasteiger partial charge in [0.1, 0.15) is 11.7 Å². The summed E-state index contributed by atoms with van der Waals surface area (Å²) in [6.07, 6.45) is 0. The van der Waals surface area contributed by atoms with Gasteiger partial charge in [0, 0.05) is 22.6 Å². The average molecular weight is 411 g/mol. The van der Waals surface area contributed by atoms with Crippen molar-refractivity contribution in [1.29, 1.82) is 0 Å². The van der Waals surface area contributed by atoms with E-state index in [4.69, 9.17) is 16.7 Å². The molecule has 2 rings (SSSR count). The number of anilines is 1. The topological polar surface area (TPSA) is 130 Å². The molecular formula is C17H15ClN2O6S. The van der Waals surface area contributed by atoms with E-state index in [2.05, 4.69) is 5.32 Å². The number of carboxylic acid groups (broad SMARTS) is 2. The highest BCUT2D eigenvalue weighted by molar-refractivity contribution is 7.98. The second kappa shape index (κ2) is 9.24. The summed E-state index contributed by atoms with van der Waals surface area (Å²) in [5.41, 5.74) is 0.115. The smallest absolute Gasteiger partial charge is 0.335 e. The minimum absolute atomic E-state index is 0.0549. The number of carboxylic acids is 2. The molecule has 2 aromatic rings. The molecule has 0 spiro atoms. The molecule has 142 valence electrons. The van der Waals surface area contributed by atoms with Gasteiger partial charge in [0.15, 0.2) is 0 Å². The number of thioether (sulfide) groups is 1. The van der Waals surface area contributed by atoms with Crippen LogP contribution >= 0.6 is 23.4 Å². The van der Waals surface area contributed by atoms with Crippen LogP contribution in [0.1, 0.15) is 15.9 Å². The summed E-state index contributed by atoms with van der Waals surface area (Å²) in [5, 5.41) is 32.7. The van der Waals surface area contributed by atoms with Crippen LogP contribution in [0.3, 0.4) is 0 Å². The average Bonchev–Trinajstić information content (AvgIpc) is 2.60. The van der Waals surface area contributed by atoms with Gasteiger partial charge in [0.05, 0.1) is 10.5 Å². The van der Waals surface area contributed by atoms with Crippen molar-refractivity contribution in [2.24, 2.45) is 0 Å². The maximum absolute atomic E-state index is 11.5. The molecule has 0 amide bonds. The minimum Gasteiger partial charge on any atom is -0.480 e. The molecular weight excluding hydrogens is 396 g/mol. The van der Waals surface area contributed by atoms with Gasteiger partial charge >= 0.3 is 11.9 Å². The molecule has 0 aliphatic heterocycles. The fourth-order valence-electron chi connectivity index (χ4n) is 2.22. The molecule has 0 heterocycles. The number of benzene rings is 2. The van der Waals surface area contributed by atoms with Crippen LogP contribution in [0.25, 0.3) is 0 Å². The molecule has 0 unspecified atom stereocenters. The molecule has 0 saturated heterocycles. The van der Waals surface area contributed by atoms with Gasteiger partial charge in [-0.3, -0.25) is 10.1 Å². The van der Waals surface area contributed by atoms with Crippen molar-refractivity contribution in [2.75, 3.05) is 11.1 Å². The zero-order valence-corrected chi connectivity index (χ0v) is 15.4. The first kappa shape index (κ1) is 20.5. The summed E-state index contributed by atoms with van der Waals surface area (Å²) in [4.78, 5) is 32.9. The van der Waals surface area contributed by atoms with Crippen molar-refractivity contribution in [1.82, 2.24) is 0 Å². The molecule has 27 heavy (non-hydrogen) atoms. The van der Waals surface area contributed by atoms with Crippen molar-refractivity contribution in [3.8, 4) is 0 Å². The first-order valence-electron chi connectivity index (χ1n) is 7.61. The Balaban J connectivity index is 2.10. The SMILES string of the molecule is O=C(O)c1ccc(N[C@@H](CSCc2cccc(Cl)c2)C(=O)O)c([N+](=O)[O-])c1. The number of aliphatic carboxylic acids is 1. The summed E-state index contributed by atoms with van der Waals surface area (Å²) in [7, 11) is 0. The molecule has 3 N–H and O–H groups in total. The molecule has 0 aromatic heterocycles. The molecule has 0 saturated carbocycles. The number of hydrogen-bond donors (Lipinski definition) is 3. The maximum atomic E-state index is 11.5. The number of nitrogens with zero attached hydrogens (tertiary/aromatic N) is 1. The van der Waals surface area contributed by atoms with Gasteiger partial charge in [-0.25, -0.2) is 9.59 Å². The fourth-order valence-corrected chi connectivity index (χ4v) is 3.43. The van der Waals surface area contributed by atoms with E-state index >= 15 is 0 Å².